The van der Waals surface area contributed by atoms with Crippen LogP contribution in [-0.2, 0) is 19.2 Å². The summed E-state index contributed by atoms with van der Waals surface area (Å²) in [7, 11) is 0. The van der Waals surface area contributed by atoms with Crippen LogP contribution in [0.4, 0.5) is 0 Å². The second-order valence-electron chi connectivity index (χ2n) is 29.5. The molecular weight excluding hydrogens is 1080 g/mol. The summed E-state index contributed by atoms with van der Waals surface area (Å²) < 4.78 is 0. The summed E-state index contributed by atoms with van der Waals surface area (Å²) in [5.41, 5.74) is 0. The molecule has 518 valence electrons. The van der Waals surface area contributed by atoms with E-state index >= 15 is 0 Å². The van der Waals surface area contributed by atoms with Crippen LogP contribution >= 0.6 is 0 Å². The Hall–Kier alpha value is -1.92. The van der Waals surface area contributed by atoms with E-state index in [1.54, 1.807) is 0 Å². The molecule has 2 saturated carbocycles. The minimum atomic E-state index is 0.0687. The van der Waals surface area contributed by atoms with E-state index in [0.29, 0.717) is 43.8 Å². The molecule has 2 aliphatic rings. The van der Waals surface area contributed by atoms with E-state index in [1.165, 1.54) is 308 Å². The first kappa shape index (κ1) is 82.2. The first-order valence-corrected chi connectivity index (χ1v) is 40.7. The predicted molar refractivity (Wildman–Crippen MR) is 383 cm³/mol. The highest BCUT2D eigenvalue weighted by atomic mass is 16.2. The van der Waals surface area contributed by atoms with Crippen LogP contribution in [0.5, 0.6) is 0 Å². The number of carbonyl (C=O) groups is 4. The van der Waals surface area contributed by atoms with Gasteiger partial charge in [0.1, 0.15) is 5.78 Å². The van der Waals surface area contributed by atoms with Crippen LogP contribution in [0.2, 0.25) is 0 Å². The Morgan fingerprint density at radius 1 is 0.261 bits per heavy atom. The van der Waals surface area contributed by atoms with Crippen molar-refractivity contribution in [3.8, 4) is 0 Å². The molecule has 2 rings (SSSR count). The van der Waals surface area contributed by atoms with Crippen LogP contribution in [0.1, 0.15) is 458 Å². The Morgan fingerprint density at radius 3 is 0.761 bits per heavy atom. The Labute approximate surface area is 549 Å². The molecule has 88 heavy (non-hydrogen) atoms. The van der Waals surface area contributed by atoms with Gasteiger partial charge in [0.25, 0.3) is 0 Å². The first-order chi connectivity index (χ1) is 43.3. The average molecular weight is 1240 g/mol. The average Bonchev–Trinajstić information content (AvgIpc) is 3.70. The Kier molecular flexibility index (Phi) is 58.4. The molecule has 2 fully saturated rings. The van der Waals surface area contributed by atoms with Gasteiger partial charge < -0.3 is 16.0 Å². The maximum absolute atomic E-state index is 13.5. The highest BCUT2D eigenvalue weighted by molar-refractivity contribution is 5.79. The van der Waals surface area contributed by atoms with Crippen molar-refractivity contribution in [2.75, 3.05) is 0 Å². The lowest BCUT2D eigenvalue weighted by Gasteiger charge is -2.33. The van der Waals surface area contributed by atoms with Crippen molar-refractivity contribution >= 4 is 23.5 Å². The largest absolute Gasteiger partial charge is 0.353 e. The molecular formula is C81H155N3O4. The Balaban J connectivity index is 1.73. The molecule has 3 amide bonds. The van der Waals surface area contributed by atoms with Gasteiger partial charge in [-0.2, -0.15) is 0 Å². The molecule has 0 spiro atoms. The third-order valence-electron chi connectivity index (χ3n) is 21.3. The van der Waals surface area contributed by atoms with E-state index in [9.17, 15) is 19.2 Å². The van der Waals surface area contributed by atoms with Gasteiger partial charge in [0.15, 0.2) is 0 Å². The lowest BCUT2D eigenvalue weighted by Crippen LogP contribution is -2.53. The quantitative estimate of drug-likeness (QED) is 0.0528. The molecule has 0 saturated heterocycles. The fourth-order valence-electron chi connectivity index (χ4n) is 15.4. The molecule has 7 nitrogen and oxygen atoms in total. The van der Waals surface area contributed by atoms with Gasteiger partial charge in [0.2, 0.25) is 17.7 Å². The fourth-order valence-corrected chi connectivity index (χ4v) is 15.4. The third kappa shape index (κ3) is 49.7. The van der Waals surface area contributed by atoms with Crippen molar-refractivity contribution < 1.29 is 19.2 Å². The second kappa shape index (κ2) is 62.5. The van der Waals surface area contributed by atoms with Crippen LogP contribution in [0.15, 0.2) is 0 Å². The molecule has 0 aromatic rings. The van der Waals surface area contributed by atoms with E-state index in [1.807, 2.05) is 0 Å². The van der Waals surface area contributed by atoms with Gasteiger partial charge in [-0.1, -0.05) is 374 Å². The van der Waals surface area contributed by atoms with Crippen molar-refractivity contribution in [2.24, 2.45) is 17.8 Å². The van der Waals surface area contributed by atoms with Gasteiger partial charge >= 0.3 is 0 Å². The van der Waals surface area contributed by atoms with Crippen LogP contribution in [0, 0.1) is 17.8 Å². The van der Waals surface area contributed by atoms with Gasteiger partial charge in [-0.05, 0) is 69.1 Å². The topological polar surface area (TPSA) is 104 Å². The van der Waals surface area contributed by atoms with Crippen LogP contribution < -0.4 is 16.0 Å². The summed E-state index contributed by atoms with van der Waals surface area (Å²) >= 11 is 0. The zero-order chi connectivity index (χ0) is 63.3. The number of hydrogen-bond donors (Lipinski definition) is 3. The van der Waals surface area contributed by atoms with E-state index in [-0.39, 0.29) is 35.8 Å². The summed E-state index contributed by atoms with van der Waals surface area (Å²) in [5, 5.41) is 10.2. The van der Waals surface area contributed by atoms with Gasteiger partial charge in [-0.25, -0.2) is 0 Å². The molecule has 0 aromatic carbocycles. The number of carbonyl (C=O) groups excluding carboxylic acids is 4. The standard InChI is InChI=1S/C81H155N3O4/c1-5-9-13-17-21-23-25-27-29-31-33-35-37-41-52-68-79(86)82-76-65-56-55-63-74(76)71-75(85)64-51-45-43-49-61-72(59-47-39-19-15-11-7-3)73(60-48-40-20-16-12-8-4)62-50-44-46-54-70-81(88)84-78-67-58-57-66-77(78)83-80(87)69-53-42-38-36-34-32-30-28-26-24-22-18-14-10-6-2/h72-74,76-78H,5-71H2,1-4H3,(H,82,86)(H,83,87)(H,84,88)/t72?,73?,74-,76-,77+,78-/m0/s1. The maximum atomic E-state index is 13.5. The van der Waals surface area contributed by atoms with Crippen LogP contribution in [0.25, 0.3) is 0 Å². The minimum absolute atomic E-state index is 0.0687. The van der Waals surface area contributed by atoms with Gasteiger partial charge in [-0.3, -0.25) is 19.2 Å². The molecule has 7 heteroatoms. The van der Waals surface area contributed by atoms with Crippen LogP contribution in [0.3, 0.4) is 0 Å². The normalized spacial score (nSPS) is 17.7. The van der Waals surface area contributed by atoms with Crippen molar-refractivity contribution in [3.05, 3.63) is 0 Å². The number of Topliss-reactive ketones (excluding diaryl/α,β-unsaturated/α-hetero) is 1. The third-order valence-corrected chi connectivity index (χ3v) is 21.3. The molecule has 2 aliphatic carbocycles. The molecule has 0 radical (unpaired) electrons. The van der Waals surface area contributed by atoms with E-state index in [2.05, 4.69) is 43.6 Å². The summed E-state index contributed by atoms with van der Waals surface area (Å²) in [6.45, 7) is 9.23. The predicted octanol–water partition coefficient (Wildman–Crippen LogP) is 25.1. The number of hydrogen-bond acceptors (Lipinski definition) is 4. The minimum Gasteiger partial charge on any atom is -0.353 e. The molecule has 3 N–H and O–H groups in total. The number of amides is 3. The van der Waals surface area contributed by atoms with Crippen LogP contribution in [-0.4, -0.2) is 41.6 Å². The molecule has 0 aliphatic heterocycles. The number of nitrogens with one attached hydrogen (secondary N) is 3. The highest BCUT2D eigenvalue weighted by Crippen LogP contribution is 2.35. The van der Waals surface area contributed by atoms with Gasteiger partial charge in [0, 0.05) is 50.2 Å². The van der Waals surface area contributed by atoms with E-state index in [4.69, 9.17) is 0 Å². The molecule has 0 bridgehead atoms. The van der Waals surface area contributed by atoms with Gasteiger partial charge in [-0.15, -0.1) is 0 Å². The number of ketones is 1. The molecule has 0 heterocycles. The number of unbranched alkanes of at least 4 members (excludes halogenated alkanes) is 44. The van der Waals surface area contributed by atoms with Gasteiger partial charge in [0.05, 0.1) is 0 Å². The highest BCUT2D eigenvalue weighted by Gasteiger charge is 2.29. The lowest BCUT2D eigenvalue weighted by molar-refractivity contribution is -0.125. The van der Waals surface area contributed by atoms with E-state index in [0.717, 1.165) is 102 Å². The summed E-state index contributed by atoms with van der Waals surface area (Å²) in [5.74, 6) is 2.92. The summed E-state index contributed by atoms with van der Waals surface area (Å²) in [6.07, 6.45) is 83.0. The first-order valence-electron chi connectivity index (χ1n) is 40.7. The Morgan fingerprint density at radius 2 is 0.477 bits per heavy atom. The Bertz CT molecular complexity index is 1440. The molecule has 6 atom stereocenters. The van der Waals surface area contributed by atoms with Crippen molar-refractivity contribution in [1.82, 2.24) is 16.0 Å². The second-order valence-corrected chi connectivity index (χ2v) is 29.5. The smallest absolute Gasteiger partial charge is 0.220 e. The van der Waals surface area contributed by atoms with Crippen molar-refractivity contribution in [1.29, 1.82) is 0 Å². The summed E-state index contributed by atoms with van der Waals surface area (Å²) in [6, 6.07) is 0.323. The van der Waals surface area contributed by atoms with Crippen molar-refractivity contribution in [3.63, 3.8) is 0 Å². The maximum Gasteiger partial charge on any atom is 0.220 e. The van der Waals surface area contributed by atoms with Crippen molar-refractivity contribution in [2.45, 2.75) is 476 Å². The molecule has 2 unspecified atom stereocenters. The summed E-state index contributed by atoms with van der Waals surface area (Å²) in [4.78, 5) is 53.0. The molecule has 0 aromatic heterocycles. The zero-order valence-electron chi connectivity index (χ0n) is 60.0. The van der Waals surface area contributed by atoms with E-state index < -0.39 is 0 Å². The zero-order valence-corrected chi connectivity index (χ0v) is 60.0. The lowest BCUT2D eigenvalue weighted by atomic mass is 9.78. The number of rotatable bonds is 66. The fraction of sp³-hybridized carbons (Fsp3) is 0.951. The SMILES string of the molecule is CCCCCCCCCCCCCCCCCC(=O)N[C@H]1CCCC[C@H]1CC(=O)CCCCCCC(CCCCCCCC)C(CCCCCCCC)CCCCCCC(=O)N[C@H]1CCCC[C@H]1NC(=O)CCCCCCCCCCCCCCCCC. The monoisotopic (exact) mass is 1230 g/mol.